The van der Waals surface area contributed by atoms with Gasteiger partial charge in [0.2, 0.25) is 0 Å². The maximum absolute atomic E-state index is 13.8. The standard InChI is InChI=1S/C12H11F2NO5.C9H7F2NO3/c1-3-20-12(17)9(6(2)16)10-8(15(18)19)5-4-7(13)11(10)14;1-5(13)4-6-8(12(14)15)3-2-7(10)9(6)11/h4-5,9H,3H2,1-2H3;2-3H,4H2,1H3. The van der Waals surface area contributed by atoms with E-state index in [-0.39, 0.29) is 6.61 Å². The molecule has 0 spiro atoms. The van der Waals surface area contributed by atoms with E-state index in [1.54, 1.807) is 0 Å². The third-order valence-electron chi connectivity index (χ3n) is 4.32. The highest BCUT2D eigenvalue weighted by atomic mass is 19.2. The van der Waals surface area contributed by atoms with Crippen molar-refractivity contribution in [2.45, 2.75) is 33.1 Å². The summed E-state index contributed by atoms with van der Waals surface area (Å²) in [6.45, 7) is 3.43. The summed E-state index contributed by atoms with van der Waals surface area (Å²) >= 11 is 0. The van der Waals surface area contributed by atoms with E-state index in [0.717, 1.165) is 19.9 Å². The molecule has 0 bridgehead atoms. The fourth-order valence-electron chi connectivity index (χ4n) is 2.87. The molecule has 14 heteroatoms. The molecule has 0 aromatic heterocycles. The maximum atomic E-state index is 13.8. The monoisotopic (exact) mass is 502 g/mol. The third-order valence-corrected chi connectivity index (χ3v) is 4.32. The number of Topliss-reactive ketones (excluding diaryl/α,β-unsaturated/α-hetero) is 2. The number of carbonyl (C=O) groups excluding carboxylic acids is 3. The van der Waals surface area contributed by atoms with Gasteiger partial charge in [-0.2, -0.15) is 0 Å². The van der Waals surface area contributed by atoms with Gasteiger partial charge in [-0.15, -0.1) is 0 Å². The van der Waals surface area contributed by atoms with Crippen molar-refractivity contribution >= 4 is 28.9 Å². The summed E-state index contributed by atoms with van der Waals surface area (Å²) in [7, 11) is 0. The summed E-state index contributed by atoms with van der Waals surface area (Å²) in [5, 5.41) is 21.3. The van der Waals surface area contributed by atoms with Crippen LogP contribution in [0, 0.1) is 43.5 Å². The number of hydrogen-bond acceptors (Lipinski definition) is 8. The molecule has 0 saturated heterocycles. The van der Waals surface area contributed by atoms with E-state index >= 15 is 0 Å². The molecule has 0 heterocycles. The van der Waals surface area contributed by atoms with Crippen LogP contribution >= 0.6 is 0 Å². The van der Waals surface area contributed by atoms with E-state index in [2.05, 4.69) is 4.74 Å². The number of benzene rings is 2. The second kappa shape index (κ2) is 12.3. The van der Waals surface area contributed by atoms with E-state index in [1.165, 1.54) is 6.92 Å². The third kappa shape index (κ3) is 7.12. The number of hydrogen-bond donors (Lipinski definition) is 0. The van der Waals surface area contributed by atoms with E-state index in [9.17, 15) is 52.2 Å². The van der Waals surface area contributed by atoms with Crippen LogP contribution in [0.1, 0.15) is 37.8 Å². The van der Waals surface area contributed by atoms with Crippen molar-refractivity contribution in [3.63, 3.8) is 0 Å². The molecule has 1 unspecified atom stereocenters. The zero-order chi connectivity index (χ0) is 27.0. The predicted molar refractivity (Wildman–Crippen MR) is 110 cm³/mol. The number of halogens is 4. The van der Waals surface area contributed by atoms with Gasteiger partial charge in [0.15, 0.2) is 23.3 Å². The van der Waals surface area contributed by atoms with Gasteiger partial charge in [-0.05, 0) is 32.9 Å². The average Bonchev–Trinajstić information content (AvgIpc) is 2.74. The number of esters is 1. The fourth-order valence-corrected chi connectivity index (χ4v) is 2.87. The van der Waals surface area contributed by atoms with Gasteiger partial charge in [0.05, 0.1) is 27.6 Å². The molecule has 1 atom stereocenters. The zero-order valence-electron chi connectivity index (χ0n) is 18.5. The minimum absolute atomic E-state index is 0.104. The quantitative estimate of drug-likeness (QED) is 0.172. The number of nitro benzene ring substituents is 2. The molecule has 2 rings (SSSR count). The first kappa shape index (κ1) is 28.8. The first-order valence-electron chi connectivity index (χ1n) is 9.64. The second-order valence-electron chi connectivity index (χ2n) is 6.84. The summed E-state index contributed by atoms with van der Waals surface area (Å²) in [5.74, 6) is -9.90. The van der Waals surface area contributed by atoms with E-state index in [1.807, 2.05) is 0 Å². The second-order valence-corrected chi connectivity index (χ2v) is 6.84. The molecule has 2 aromatic carbocycles. The highest BCUT2D eigenvalue weighted by molar-refractivity contribution is 6.04. The summed E-state index contributed by atoms with van der Waals surface area (Å²) < 4.78 is 57.5. The van der Waals surface area contributed by atoms with Gasteiger partial charge in [0.1, 0.15) is 17.5 Å². The fraction of sp³-hybridized carbons (Fsp3) is 0.286. The normalized spacial score (nSPS) is 11.1. The molecule has 0 fully saturated rings. The molecule has 2 aromatic rings. The van der Waals surface area contributed by atoms with Crippen molar-refractivity contribution < 1.29 is 46.5 Å². The molecule has 0 aliphatic rings. The van der Waals surface area contributed by atoms with Crippen molar-refractivity contribution in [2.24, 2.45) is 0 Å². The Hall–Kier alpha value is -4.23. The highest BCUT2D eigenvalue weighted by Crippen LogP contribution is 2.32. The Bertz CT molecular complexity index is 1190. The lowest BCUT2D eigenvalue weighted by Crippen LogP contribution is -2.24. The maximum Gasteiger partial charge on any atom is 0.321 e. The smallest absolute Gasteiger partial charge is 0.321 e. The molecule has 0 N–H and O–H groups in total. The Morgan fingerprint density at radius 1 is 0.886 bits per heavy atom. The number of nitrogens with zero attached hydrogens (tertiary/aromatic N) is 2. The van der Waals surface area contributed by atoms with Crippen LogP contribution in [-0.4, -0.2) is 34.0 Å². The molecule has 35 heavy (non-hydrogen) atoms. The number of ether oxygens (including phenoxy) is 1. The van der Waals surface area contributed by atoms with Crippen molar-refractivity contribution in [3.8, 4) is 0 Å². The van der Waals surface area contributed by atoms with Gasteiger partial charge in [0.25, 0.3) is 11.4 Å². The molecule has 188 valence electrons. The van der Waals surface area contributed by atoms with Gasteiger partial charge in [-0.3, -0.25) is 34.6 Å². The van der Waals surface area contributed by atoms with Crippen LogP contribution in [0.2, 0.25) is 0 Å². The van der Waals surface area contributed by atoms with Gasteiger partial charge in [-0.25, -0.2) is 17.6 Å². The Kier molecular flexibility index (Phi) is 10.1. The SMILES string of the molecule is CC(=O)Cc1c([N+](=O)[O-])ccc(F)c1F.CCOC(=O)C(C(C)=O)c1c([N+](=O)[O-])ccc(F)c1F. The molecule has 0 radical (unpaired) electrons. The van der Waals surface area contributed by atoms with E-state index < -0.39 is 85.5 Å². The van der Waals surface area contributed by atoms with Crippen LogP contribution in [0.15, 0.2) is 24.3 Å². The Morgan fingerprint density at radius 2 is 1.37 bits per heavy atom. The van der Waals surface area contributed by atoms with Crippen LogP contribution in [-0.2, 0) is 25.5 Å². The van der Waals surface area contributed by atoms with Crippen LogP contribution in [0.4, 0.5) is 28.9 Å². The first-order valence-corrected chi connectivity index (χ1v) is 9.64. The Morgan fingerprint density at radius 3 is 1.80 bits per heavy atom. The number of ketones is 2. The molecule has 0 aliphatic heterocycles. The average molecular weight is 502 g/mol. The van der Waals surface area contributed by atoms with Crippen molar-refractivity contribution in [1.82, 2.24) is 0 Å². The van der Waals surface area contributed by atoms with Crippen LogP contribution in [0.25, 0.3) is 0 Å². The summed E-state index contributed by atoms with van der Waals surface area (Å²) in [4.78, 5) is 53.4. The van der Waals surface area contributed by atoms with Crippen molar-refractivity contribution in [2.75, 3.05) is 6.61 Å². The van der Waals surface area contributed by atoms with Gasteiger partial charge < -0.3 is 4.74 Å². The van der Waals surface area contributed by atoms with Gasteiger partial charge in [-0.1, -0.05) is 0 Å². The molecule has 0 saturated carbocycles. The lowest BCUT2D eigenvalue weighted by Gasteiger charge is -2.14. The molecular weight excluding hydrogens is 484 g/mol. The minimum Gasteiger partial charge on any atom is -0.465 e. The summed E-state index contributed by atoms with van der Waals surface area (Å²) in [5.41, 5.74) is -2.85. The van der Waals surface area contributed by atoms with Crippen LogP contribution in [0.3, 0.4) is 0 Å². The van der Waals surface area contributed by atoms with E-state index in [4.69, 9.17) is 0 Å². The Labute approximate surface area is 194 Å². The topological polar surface area (TPSA) is 147 Å². The summed E-state index contributed by atoms with van der Waals surface area (Å²) in [6.07, 6.45) is -0.486. The predicted octanol–water partition coefficient (Wildman–Crippen LogP) is 4.11. The van der Waals surface area contributed by atoms with Crippen molar-refractivity contribution in [1.29, 1.82) is 0 Å². The van der Waals surface area contributed by atoms with Crippen molar-refractivity contribution in [3.05, 3.63) is 78.9 Å². The van der Waals surface area contributed by atoms with Crippen LogP contribution < -0.4 is 0 Å². The highest BCUT2D eigenvalue weighted by Gasteiger charge is 2.37. The first-order chi connectivity index (χ1) is 16.2. The number of rotatable bonds is 8. The Balaban J connectivity index is 0.000000365. The summed E-state index contributed by atoms with van der Waals surface area (Å²) in [6, 6.07) is 2.76. The number of nitro groups is 2. The molecular formula is C21H18F4N2O8. The van der Waals surface area contributed by atoms with Crippen LogP contribution in [0.5, 0.6) is 0 Å². The zero-order valence-corrected chi connectivity index (χ0v) is 18.5. The molecule has 0 amide bonds. The lowest BCUT2D eigenvalue weighted by atomic mass is 9.93. The number of carbonyl (C=O) groups is 3. The van der Waals surface area contributed by atoms with Gasteiger partial charge >= 0.3 is 5.97 Å². The molecule has 0 aliphatic carbocycles. The minimum atomic E-state index is -1.87. The molecule has 10 nitrogen and oxygen atoms in total. The largest absolute Gasteiger partial charge is 0.465 e. The lowest BCUT2D eigenvalue weighted by molar-refractivity contribution is -0.386. The van der Waals surface area contributed by atoms with E-state index in [0.29, 0.717) is 18.2 Å². The van der Waals surface area contributed by atoms with Gasteiger partial charge in [0, 0.05) is 18.6 Å².